The molecular formula is C10H18N4S. The largest absolute Gasteiger partial charge is 0.356 e. The van der Waals surface area contributed by atoms with Gasteiger partial charge in [-0.2, -0.15) is 4.37 Å². The molecule has 1 heterocycles. The summed E-state index contributed by atoms with van der Waals surface area (Å²) in [6, 6.07) is 0.396. The molecule has 0 bridgehead atoms. The Morgan fingerprint density at radius 3 is 3.00 bits per heavy atom. The molecule has 0 saturated heterocycles. The Hall–Kier alpha value is -0.680. The van der Waals surface area contributed by atoms with E-state index in [0.717, 1.165) is 29.7 Å². The number of aryl methyl sites for hydroxylation is 1. The van der Waals surface area contributed by atoms with Gasteiger partial charge in [-0.25, -0.2) is 4.98 Å². The van der Waals surface area contributed by atoms with Gasteiger partial charge in [0.25, 0.3) is 0 Å². The van der Waals surface area contributed by atoms with Crippen LogP contribution in [0.1, 0.15) is 32.0 Å². The quantitative estimate of drug-likeness (QED) is 0.774. The minimum absolute atomic E-state index is 0.396. The normalized spacial score (nSPS) is 17.7. The predicted molar refractivity (Wildman–Crippen MR) is 63.1 cm³/mol. The molecule has 1 aromatic rings. The third-order valence-corrected chi connectivity index (χ3v) is 3.38. The van der Waals surface area contributed by atoms with Gasteiger partial charge in [-0.15, -0.1) is 0 Å². The number of nitrogens with two attached hydrogens (primary N) is 1. The fourth-order valence-electron chi connectivity index (χ4n) is 1.66. The molecule has 1 unspecified atom stereocenters. The van der Waals surface area contributed by atoms with Crippen LogP contribution in [0.2, 0.25) is 0 Å². The van der Waals surface area contributed by atoms with Crippen LogP contribution in [0.3, 0.4) is 0 Å². The number of anilines is 1. The monoisotopic (exact) mass is 226 g/mol. The lowest BCUT2D eigenvalue weighted by atomic mass is 10.2. The van der Waals surface area contributed by atoms with Crippen molar-refractivity contribution < 1.29 is 0 Å². The molecule has 1 atom stereocenters. The van der Waals surface area contributed by atoms with E-state index in [0.29, 0.717) is 12.6 Å². The summed E-state index contributed by atoms with van der Waals surface area (Å²) in [6.45, 7) is 2.83. The molecule has 3 N–H and O–H groups in total. The zero-order chi connectivity index (χ0) is 10.7. The van der Waals surface area contributed by atoms with Crippen molar-refractivity contribution in [2.24, 2.45) is 11.7 Å². The van der Waals surface area contributed by atoms with Gasteiger partial charge in [0, 0.05) is 30.5 Å². The fraction of sp³-hybridized carbons (Fsp3) is 0.800. The average Bonchev–Trinajstić information content (AvgIpc) is 2.98. The molecule has 2 rings (SSSR count). The zero-order valence-corrected chi connectivity index (χ0v) is 9.89. The second-order valence-electron chi connectivity index (χ2n) is 4.09. The van der Waals surface area contributed by atoms with Gasteiger partial charge in [0.2, 0.25) is 5.13 Å². The fourth-order valence-corrected chi connectivity index (χ4v) is 2.34. The standard InChI is InChI=1S/C10H18N4S/c1-2-3-9-13-10(15-14-9)12-8(6-11)7-4-5-7/h7-8H,2-6,11H2,1H3,(H,12,13,14). The Balaban J connectivity index is 1.90. The topological polar surface area (TPSA) is 63.8 Å². The van der Waals surface area contributed by atoms with Crippen molar-refractivity contribution in [3.05, 3.63) is 5.82 Å². The molecule has 0 radical (unpaired) electrons. The summed E-state index contributed by atoms with van der Waals surface area (Å²) in [5.41, 5.74) is 5.72. The van der Waals surface area contributed by atoms with Crippen molar-refractivity contribution in [2.45, 2.75) is 38.6 Å². The zero-order valence-electron chi connectivity index (χ0n) is 9.07. The number of nitrogens with one attached hydrogen (secondary N) is 1. The van der Waals surface area contributed by atoms with E-state index in [1.165, 1.54) is 24.4 Å². The lowest BCUT2D eigenvalue weighted by Gasteiger charge is -2.13. The van der Waals surface area contributed by atoms with Gasteiger partial charge in [0.05, 0.1) is 0 Å². The summed E-state index contributed by atoms with van der Waals surface area (Å²) in [5, 5.41) is 4.32. The second kappa shape index (κ2) is 4.90. The van der Waals surface area contributed by atoms with Crippen LogP contribution in [0.25, 0.3) is 0 Å². The lowest BCUT2D eigenvalue weighted by Crippen LogP contribution is -2.30. The molecule has 5 heteroatoms. The molecule has 0 aliphatic heterocycles. The summed E-state index contributed by atoms with van der Waals surface area (Å²) in [7, 11) is 0. The van der Waals surface area contributed by atoms with Gasteiger partial charge in [-0.05, 0) is 25.2 Å². The SMILES string of the molecule is CCCc1nsc(NC(CN)C2CC2)n1. The van der Waals surface area contributed by atoms with Crippen molar-refractivity contribution in [2.75, 3.05) is 11.9 Å². The first-order valence-electron chi connectivity index (χ1n) is 5.62. The minimum Gasteiger partial charge on any atom is -0.356 e. The van der Waals surface area contributed by atoms with E-state index in [1.54, 1.807) is 0 Å². The molecule has 1 aliphatic carbocycles. The summed E-state index contributed by atoms with van der Waals surface area (Å²) in [5.74, 6) is 1.71. The van der Waals surface area contributed by atoms with Crippen molar-refractivity contribution >= 4 is 16.7 Å². The molecule has 15 heavy (non-hydrogen) atoms. The number of nitrogens with zero attached hydrogens (tertiary/aromatic N) is 2. The number of hydrogen-bond donors (Lipinski definition) is 2. The summed E-state index contributed by atoms with van der Waals surface area (Å²) in [6.07, 6.45) is 4.67. The molecule has 84 valence electrons. The summed E-state index contributed by atoms with van der Waals surface area (Å²) < 4.78 is 4.30. The van der Waals surface area contributed by atoms with E-state index in [9.17, 15) is 0 Å². The summed E-state index contributed by atoms with van der Waals surface area (Å²) in [4.78, 5) is 4.44. The summed E-state index contributed by atoms with van der Waals surface area (Å²) >= 11 is 1.45. The molecule has 0 aromatic carbocycles. The third kappa shape index (κ3) is 2.89. The van der Waals surface area contributed by atoms with E-state index >= 15 is 0 Å². The number of aromatic nitrogens is 2. The van der Waals surface area contributed by atoms with Crippen LogP contribution in [0.4, 0.5) is 5.13 Å². The van der Waals surface area contributed by atoms with Gasteiger partial charge in [-0.1, -0.05) is 6.92 Å². The molecule has 1 fully saturated rings. The first-order valence-corrected chi connectivity index (χ1v) is 6.40. The van der Waals surface area contributed by atoms with Gasteiger partial charge < -0.3 is 11.1 Å². The van der Waals surface area contributed by atoms with E-state index in [-0.39, 0.29) is 0 Å². The molecule has 1 saturated carbocycles. The molecule has 1 aliphatic rings. The van der Waals surface area contributed by atoms with Crippen molar-refractivity contribution in [1.29, 1.82) is 0 Å². The van der Waals surface area contributed by atoms with Crippen LogP contribution in [-0.4, -0.2) is 21.9 Å². The average molecular weight is 226 g/mol. The first kappa shape index (κ1) is 10.8. The van der Waals surface area contributed by atoms with Crippen molar-refractivity contribution in [1.82, 2.24) is 9.36 Å². The Kier molecular flexibility index (Phi) is 3.53. The van der Waals surface area contributed by atoms with Crippen LogP contribution in [0, 0.1) is 5.92 Å². The number of rotatable bonds is 6. The smallest absolute Gasteiger partial charge is 0.202 e. The Bertz CT molecular complexity index is 308. The van der Waals surface area contributed by atoms with Crippen LogP contribution in [0.15, 0.2) is 0 Å². The molecule has 1 aromatic heterocycles. The predicted octanol–water partition coefficient (Wildman–Crippen LogP) is 1.64. The molecular weight excluding hydrogens is 208 g/mol. The maximum absolute atomic E-state index is 5.72. The molecule has 0 spiro atoms. The number of hydrogen-bond acceptors (Lipinski definition) is 5. The molecule has 4 nitrogen and oxygen atoms in total. The van der Waals surface area contributed by atoms with Crippen LogP contribution in [0.5, 0.6) is 0 Å². The van der Waals surface area contributed by atoms with Crippen LogP contribution < -0.4 is 11.1 Å². The van der Waals surface area contributed by atoms with Gasteiger partial charge in [0.1, 0.15) is 5.82 Å². The Morgan fingerprint density at radius 1 is 1.60 bits per heavy atom. The minimum atomic E-state index is 0.396. The Labute approximate surface area is 94.5 Å². The Morgan fingerprint density at radius 2 is 2.40 bits per heavy atom. The molecule has 0 amide bonds. The van der Waals surface area contributed by atoms with Crippen molar-refractivity contribution in [3.8, 4) is 0 Å². The highest BCUT2D eigenvalue weighted by Gasteiger charge is 2.30. The van der Waals surface area contributed by atoms with Crippen LogP contribution in [-0.2, 0) is 6.42 Å². The maximum Gasteiger partial charge on any atom is 0.202 e. The second-order valence-corrected chi connectivity index (χ2v) is 4.84. The van der Waals surface area contributed by atoms with E-state index in [1.807, 2.05) is 0 Å². The van der Waals surface area contributed by atoms with E-state index < -0.39 is 0 Å². The highest BCUT2D eigenvalue weighted by atomic mass is 32.1. The third-order valence-electron chi connectivity index (χ3n) is 2.70. The highest BCUT2D eigenvalue weighted by molar-refractivity contribution is 7.09. The maximum atomic E-state index is 5.72. The van der Waals surface area contributed by atoms with E-state index in [4.69, 9.17) is 5.73 Å². The van der Waals surface area contributed by atoms with Crippen LogP contribution >= 0.6 is 11.5 Å². The highest BCUT2D eigenvalue weighted by Crippen LogP contribution is 2.34. The van der Waals surface area contributed by atoms with Gasteiger partial charge in [-0.3, -0.25) is 0 Å². The lowest BCUT2D eigenvalue weighted by molar-refractivity contribution is 0.644. The first-order chi connectivity index (χ1) is 7.33. The van der Waals surface area contributed by atoms with Gasteiger partial charge >= 0.3 is 0 Å². The van der Waals surface area contributed by atoms with Gasteiger partial charge in [0.15, 0.2) is 0 Å². The van der Waals surface area contributed by atoms with E-state index in [2.05, 4.69) is 21.6 Å². The van der Waals surface area contributed by atoms with Crippen molar-refractivity contribution in [3.63, 3.8) is 0 Å².